The molecule has 1 heterocycles. The van der Waals surface area contributed by atoms with E-state index in [1.54, 1.807) is 0 Å². The number of nitrogens with zero attached hydrogens (tertiary/aromatic N) is 2. The van der Waals surface area contributed by atoms with Crippen molar-refractivity contribution >= 4 is 5.97 Å². The highest BCUT2D eigenvalue weighted by Crippen LogP contribution is 2.34. The fourth-order valence-electron chi connectivity index (χ4n) is 3.49. The molecule has 2 rings (SSSR count). The highest BCUT2D eigenvalue weighted by Gasteiger charge is 2.46. The van der Waals surface area contributed by atoms with Crippen LogP contribution in [0.1, 0.15) is 26.2 Å². The minimum absolute atomic E-state index is 0.107. The summed E-state index contributed by atoms with van der Waals surface area (Å²) in [5.74, 6) is -0.107. The van der Waals surface area contributed by atoms with Gasteiger partial charge in [0.2, 0.25) is 0 Å². The van der Waals surface area contributed by atoms with Crippen molar-refractivity contribution < 1.29 is 9.53 Å². The molecule has 1 aliphatic carbocycles. The normalized spacial score (nSPS) is 33.5. The lowest BCUT2D eigenvalue weighted by Crippen LogP contribution is -2.53. The van der Waals surface area contributed by atoms with E-state index in [9.17, 15) is 4.79 Å². The van der Waals surface area contributed by atoms with E-state index in [0.29, 0.717) is 6.04 Å². The summed E-state index contributed by atoms with van der Waals surface area (Å²) in [7, 11) is 3.35. The van der Waals surface area contributed by atoms with Crippen LogP contribution in [-0.4, -0.2) is 74.2 Å². The van der Waals surface area contributed by atoms with Gasteiger partial charge in [-0.25, -0.2) is 0 Å². The zero-order chi connectivity index (χ0) is 13.9. The van der Waals surface area contributed by atoms with Gasteiger partial charge in [-0.15, -0.1) is 0 Å². The van der Waals surface area contributed by atoms with Crippen LogP contribution >= 0.6 is 0 Å². The maximum absolute atomic E-state index is 12.0. The standard InChI is InChI=1S/C14H27N3O2/c1-4-16-7-9-17(10-8-16)12-5-6-14(11-12,15-2)13(18)19-3/h12,15H,4-11H2,1-3H3. The molecule has 0 amide bonds. The summed E-state index contributed by atoms with van der Waals surface area (Å²) in [5, 5.41) is 3.21. The second kappa shape index (κ2) is 6.20. The van der Waals surface area contributed by atoms with Crippen LogP contribution in [0.2, 0.25) is 0 Å². The first-order chi connectivity index (χ1) is 9.15. The molecule has 2 fully saturated rings. The Kier molecular flexibility index (Phi) is 4.81. The molecule has 5 heteroatoms. The minimum Gasteiger partial charge on any atom is -0.468 e. The molecule has 2 atom stereocenters. The van der Waals surface area contributed by atoms with E-state index in [1.807, 2.05) is 7.05 Å². The van der Waals surface area contributed by atoms with Crippen molar-refractivity contribution in [3.05, 3.63) is 0 Å². The fraction of sp³-hybridized carbons (Fsp3) is 0.929. The van der Waals surface area contributed by atoms with Gasteiger partial charge in [0.05, 0.1) is 7.11 Å². The van der Waals surface area contributed by atoms with Crippen LogP contribution in [0, 0.1) is 0 Å². The lowest BCUT2D eigenvalue weighted by molar-refractivity contribution is -0.148. The van der Waals surface area contributed by atoms with E-state index in [0.717, 1.165) is 52.0 Å². The van der Waals surface area contributed by atoms with Crippen molar-refractivity contribution in [3.63, 3.8) is 0 Å². The van der Waals surface area contributed by atoms with E-state index < -0.39 is 5.54 Å². The Balaban J connectivity index is 1.93. The Morgan fingerprint density at radius 1 is 1.37 bits per heavy atom. The van der Waals surface area contributed by atoms with Crippen LogP contribution in [0.25, 0.3) is 0 Å². The van der Waals surface area contributed by atoms with E-state index in [4.69, 9.17) is 4.74 Å². The lowest BCUT2D eigenvalue weighted by atomic mass is 9.97. The molecular weight excluding hydrogens is 242 g/mol. The van der Waals surface area contributed by atoms with Gasteiger partial charge in [0.25, 0.3) is 0 Å². The van der Waals surface area contributed by atoms with E-state index in [-0.39, 0.29) is 5.97 Å². The van der Waals surface area contributed by atoms with Gasteiger partial charge in [0.15, 0.2) is 0 Å². The van der Waals surface area contributed by atoms with Gasteiger partial charge in [-0.3, -0.25) is 9.69 Å². The number of esters is 1. The molecule has 0 spiro atoms. The zero-order valence-corrected chi connectivity index (χ0v) is 12.4. The highest BCUT2D eigenvalue weighted by atomic mass is 16.5. The Hall–Kier alpha value is -0.650. The summed E-state index contributed by atoms with van der Waals surface area (Å²) >= 11 is 0. The molecule has 1 saturated carbocycles. The predicted molar refractivity (Wildman–Crippen MR) is 75.1 cm³/mol. The molecule has 2 unspecified atom stereocenters. The number of ether oxygens (including phenoxy) is 1. The summed E-state index contributed by atoms with van der Waals surface area (Å²) in [6.07, 6.45) is 2.85. The zero-order valence-electron chi connectivity index (χ0n) is 12.4. The van der Waals surface area contributed by atoms with Crippen LogP contribution in [-0.2, 0) is 9.53 Å². The molecule has 1 N–H and O–H groups in total. The summed E-state index contributed by atoms with van der Waals surface area (Å²) in [4.78, 5) is 17.0. The third-order valence-corrected chi connectivity index (χ3v) is 4.91. The maximum Gasteiger partial charge on any atom is 0.326 e. The van der Waals surface area contributed by atoms with E-state index in [2.05, 4.69) is 22.0 Å². The quantitative estimate of drug-likeness (QED) is 0.744. The highest BCUT2D eigenvalue weighted by molar-refractivity contribution is 5.81. The van der Waals surface area contributed by atoms with Crippen molar-refractivity contribution in [1.29, 1.82) is 0 Å². The Bertz CT molecular complexity index is 316. The van der Waals surface area contributed by atoms with Crippen molar-refractivity contribution in [2.75, 3.05) is 46.9 Å². The Morgan fingerprint density at radius 3 is 2.58 bits per heavy atom. The van der Waals surface area contributed by atoms with Crippen molar-refractivity contribution in [3.8, 4) is 0 Å². The van der Waals surface area contributed by atoms with Crippen molar-refractivity contribution in [1.82, 2.24) is 15.1 Å². The summed E-state index contributed by atoms with van der Waals surface area (Å²) < 4.78 is 4.97. The third kappa shape index (κ3) is 2.93. The van der Waals surface area contributed by atoms with Crippen LogP contribution in [0.5, 0.6) is 0 Å². The molecule has 0 radical (unpaired) electrons. The Morgan fingerprint density at radius 2 is 2.05 bits per heavy atom. The molecule has 0 aromatic heterocycles. The molecule has 110 valence electrons. The summed E-state index contributed by atoms with van der Waals surface area (Å²) in [5.41, 5.74) is -0.457. The molecule has 5 nitrogen and oxygen atoms in total. The molecule has 1 saturated heterocycles. The molecular formula is C14H27N3O2. The smallest absolute Gasteiger partial charge is 0.326 e. The maximum atomic E-state index is 12.0. The van der Waals surface area contributed by atoms with Crippen LogP contribution in [0.15, 0.2) is 0 Å². The molecule has 1 aliphatic heterocycles. The average molecular weight is 269 g/mol. The first-order valence-corrected chi connectivity index (χ1v) is 7.39. The van der Waals surface area contributed by atoms with Crippen molar-refractivity contribution in [2.45, 2.75) is 37.8 Å². The number of methoxy groups -OCH3 is 1. The predicted octanol–water partition coefficient (Wildman–Crippen LogP) is 0.308. The van der Waals surface area contributed by atoms with E-state index in [1.165, 1.54) is 7.11 Å². The van der Waals surface area contributed by atoms with Gasteiger partial charge in [-0.1, -0.05) is 6.92 Å². The monoisotopic (exact) mass is 269 g/mol. The van der Waals surface area contributed by atoms with Crippen LogP contribution in [0.3, 0.4) is 0 Å². The number of hydrogen-bond donors (Lipinski definition) is 1. The lowest BCUT2D eigenvalue weighted by Gasteiger charge is -2.38. The fourth-order valence-corrected chi connectivity index (χ4v) is 3.49. The minimum atomic E-state index is -0.457. The topological polar surface area (TPSA) is 44.8 Å². The van der Waals surface area contributed by atoms with Crippen LogP contribution in [0.4, 0.5) is 0 Å². The van der Waals surface area contributed by atoms with Gasteiger partial charge in [0.1, 0.15) is 5.54 Å². The van der Waals surface area contributed by atoms with Gasteiger partial charge >= 0.3 is 5.97 Å². The summed E-state index contributed by atoms with van der Waals surface area (Å²) in [6.45, 7) is 7.91. The molecule has 0 aromatic rings. The van der Waals surface area contributed by atoms with Gasteiger partial charge < -0.3 is 15.0 Å². The SMILES string of the molecule is CCN1CCN(C2CCC(NC)(C(=O)OC)C2)CC1. The third-order valence-electron chi connectivity index (χ3n) is 4.91. The van der Waals surface area contributed by atoms with Crippen molar-refractivity contribution in [2.24, 2.45) is 0 Å². The van der Waals surface area contributed by atoms with Gasteiger partial charge in [-0.2, -0.15) is 0 Å². The summed E-state index contributed by atoms with van der Waals surface area (Å²) in [6, 6.07) is 0.519. The molecule has 0 aromatic carbocycles. The van der Waals surface area contributed by atoms with Gasteiger partial charge in [-0.05, 0) is 32.9 Å². The number of hydrogen-bond acceptors (Lipinski definition) is 5. The van der Waals surface area contributed by atoms with Crippen LogP contribution < -0.4 is 5.32 Å². The second-order valence-electron chi connectivity index (χ2n) is 5.69. The number of carbonyl (C=O) groups is 1. The largest absolute Gasteiger partial charge is 0.468 e. The first kappa shape index (κ1) is 14.8. The number of nitrogens with one attached hydrogen (secondary N) is 1. The number of piperazine rings is 1. The second-order valence-corrected chi connectivity index (χ2v) is 5.69. The number of carbonyl (C=O) groups excluding carboxylic acids is 1. The van der Waals surface area contributed by atoms with Gasteiger partial charge in [0, 0.05) is 32.2 Å². The first-order valence-electron chi connectivity index (χ1n) is 7.39. The Labute approximate surface area is 116 Å². The number of likely N-dealkylation sites (N-methyl/N-ethyl adjacent to an activating group) is 2. The average Bonchev–Trinajstić information content (AvgIpc) is 2.92. The van der Waals surface area contributed by atoms with E-state index >= 15 is 0 Å². The number of rotatable bonds is 4. The molecule has 19 heavy (non-hydrogen) atoms. The molecule has 0 bridgehead atoms. The molecule has 2 aliphatic rings.